The molecule has 0 aromatic heterocycles. The van der Waals surface area contributed by atoms with Gasteiger partial charge >= 0.3 is 0 Å². The largest absolute Gasteiger partial charge is 0.858 e. The molecular formula is C14H24I2N4O2. The van der Waals surface area contributed by atoms with Crippen molar-refractivity contribution < 1.29 is 9.59 Å². The van der Waals surface area contributed by atoms with Crippen LogP contribution in [-0.2, 0) is 0 Å². The standard InChI is InChI=1S/C14H22N4O2.2HI/c1-17-11-12(6-7-13(17)10-16-20)14(19)15-8-5-9-18(2,3)4;;/h6-7,10-11H,5,8-9H2,1-4H3;2*1H. The molecule has 0 N–H and O–H groups in total. The molecule has 0 fully saturated rings. The third-order valence-corrected chi connectivity index (χ3v) is 2.85. The molecule has 0 saturated carbocycles. The Hall–Kier alpha value is -0.490. The first-order valence-electron chi connectivity index (χ1n) is 6.51. The van der Waals surface area contributed by atoms with Crippen molar-refractivity contribution in [2.45, 2.75) is 6.42 Å². The van der Waals surface area contributed by atoms with Crippen molar-refractivity contribution in [1.82, 2.24) is 4.90 Å². The van der Waals surface area contributed by atoms with Crippen LogP contribution >= 0.6 is 48.0 Å². The number of hydrogen-bond donors (Lipinski definition) is 0. The third-order valence-electron chi connectivity index (χ3n) is 2.85. The van der Waals surface area contributed by atoms with E-state index in [0.29, 0.717) is 17.8 Å². The maximum absolute atomic E-state index is 11.9. The van der Waals surface area contributed by atoms with E-state index in [0.717, 1.165) is 17.4 Å². The number of halogens is 2. The number of hydrogen-bond acceptors (Lipinski definition) is 5. The van der Waals surface area contributed by atoms with Gasteiger partial charge < -0.3 is 19.5 Å². The van der Waals surface area contributed by atoms with Crippen molar-refractivity contribution in [1.29, 1.82) is 0 Å². The van der Waals surface area contributed by atoms with E-state index in [2.05, 4.69) is 31.3 Å². The molecule has 1 heterocycles. The maximum Gasteiger partial charge on any atom is 0.0951 e. The first-order valence-corrected chi connectivity index (χ1v) is 6.51. The van der Waals surface area contributed by atoms with Crippen LogP contribution < -0.4 is 5.11 Å². The molecule has 0 aromatic carbocycles. The monoisotopic (exact) mass is 534 g/mol. The predicted octanol–water partition coefficient (Wildman–Crippen LogP) is 2.07. The van der Waals surface area contributed by atoms with Gasteiger partial charge in [0.2, 0.25) is 0 Å². The lowest BCUT2D eigenvalue weighted by molar-refractivity contribution is -0.870. The van der Waals surface area contributed by atoms with Crippen LogP contribution in [-0.4, -0.2) is 56.6 Å². The normalized spacial score (nSPS) is 16.7. The molecule has 0 unspecified atom stereocenters. The molecule has 0 spiro atoms. The first-order chi connectivity index (χ1) is 9.33. The summed E-state index contributed by atoms with van der Waals surface area (Å²) in [6, 6.07) is 0. The maximum atomic E-state index is 11.9. The summed E-state index contributed by atoms with van der Waals surface area (Å²) in [5, 5.41) is 14.6. The minimum atomic E-state index is -0.229. The van der Waals surface area contributed by atoms with Gasteiger partial charge in [-0.05, 0) is 17.2 Å². The zero-order valence-corrected chi connectivity index (χ0v) is 18.0. The average molecular weight is 534 g/mol. The topological polar surface area (TPSA) is 68.1 Å². The van der Waals surface area contributed by atoms with Crippen molar-refractivity contribution in [3.8, 4) is 0 Å². The lowest BCUT2D eigenvalue weighted by Crippen LogP contribution is -2.35. The highest BCUT2D eigenvalue weighted by Crippen LogP contribution is 2.15. The highest BCUT2D eigenvalue weighted by atomic mass is 127. The summed E-state index contributed by atoms with van der Waals surface area (Å²) in [6.07, 6.45) is 7.07. The molecular weight excluding hydrogens is 510 g/mol. The molecule has 1 rings (SSSR count). The predicted molar refractivity (Wildman–Crippen MR) is 110 cm³/mol. The van der Waals surface area contributed by atoms with Crippen LogP contribution in [0, 0.1) is 4.91 Å². The van der Waals surface area contributed by atoms with Gasteiger partial charge in [0.1, 0.15) is 0 Å². The van der Waals surface area contributed by atoms with Crippen LogP contribution in [0.3, 0.4) is 0 Å². The van der Waals surface area contributed by atoms with E-state index in [1.165, 1.54) is 6.20 Å². The Morgan fingerprint density at radius 3 is 2.45 bits per heavy atom. The molecule has 0 bridgehead atoms. The second-order valence-electron chi connectivity index (χ2n) is 5.74. The van der Waals surface area contributed by atoms with Crippen LogP contribution in [0.1, 0.15) is 6.42 Å². The van der Waals surface area contributed by atoms with Crippen molar-refractivity contribution in [3.63, 3.8) is 0 Å². The molecule has 0 aliphatic carbocycles. The summed E-state index contributed by atoms with van der Waals surface area (Å²) in [7, 11) is 8.08. The second-order valence-corrected chi connectivity index (χ2v) is 5.74. The summed E-state index contributed by atoms with van der Waals surface area (Å²) in [6.45, 7) is 1.51. The lowest BCUT2D eigenvalue weighted by atomic mass is 10.2. The first kappa shape index (κ1) is 23.8. The smallest absolute Gasteiger partial charge is 0.0951 e. The Bertz CT molecular complexity index is 480. The molecule has 1 aliphatic heterocycles. The van der Waals surface area contributed by atoms with Crippen molar-refractivity contribution in [3.05, 3.63) is 40.7 Å². The van der Waals surface area contributed by atoms with Gasteiger partial charge in [0.15, 0.2) is 0 Å². The number of nitrogens with zero attached hydrogens (tertiary/aromatic N) is 4. The van der Waals surface area contributed by atoms with E-state index in [4.69, 9.17) is 0 Å². The highest BCUT2D eigenvalue weighted by Gasteiger charge is 2.07. The minimum absolute atomic E-state index is 0. The number of likely N-dealkylation sites (N-methyl/N-ethyl adjacent to an activating group) is 1. The van der Waals surface area contributed by atoms with Crippen LogP contribution in [0.2, 0.25) is 0 Å². The minimum Gasteiger partial charge on any atom is -0.858 e. The summed E-state index contributed by atoms with van der Waals surface area (Å²) in [4.78, 5) is 15.9. The van der Waals surface area contributed by atoms with Crippen LogP contribution in [0.25, 0.3) is 0 Å². The van der Waals surface area contributed by atoms with Gasteiger partial charge in [-0.3, -0.25) is 0 Å². The molecule has 8 heteroatoms. The van der Waals surface area contributed by atoms with Crippen LogP contribution in [0.5, 0.6) is 0 Å². The van der Waals surface area contributed by atoms with Gasteiger partial charge in [-0.25, -0.2) is 0 Å². The van der Waals surface area contributed by atoms with E-state index in [-0.39, 0.29) is 53.9 Å². The number of nitroso groups, excluding NO2 is 1. The van der Waals surface area contributed by atoms with Crippen LogP contribution in [0.15, 0.2) is 46.0 Å². The van der Waals surface area contributed by atoms with E-state index in [1.54, 1.807) is 30.3 Å². The summed E-state index contributed by atoms with van der Waals surface area (Å²) in [5.74, 6) is -0.229. The molecule has 1 aliphatic rings. The molecule has 0 atom stereocenters. The fourth-order valence-electron chi connectivity index (χ4n) is 1.75. The van der Waals surface area contributed by atoms with E-state index >= 15 is 0 Å². The molecule has 6 nitrogen and oxygen atoms in total. The van der Waals surface area contributed by atoms with Gasteiger partial charge in [-0.15, -0.1) is 52.9 Å². The van der Waals surface area contributed by atoms with E-state index in [1.807, 2.05) is 0 Å². The van der Waals surface area contributed by atoms with Gasteiger partial charge in [-0.1, -0.05) is 6.08 Å². The fraction of sp³-hybridized carbons (Fsp3) is 0.500. The number of aliphatic imine (C=N–C) groups is 1. The molecule has 0 radical (unpaired) electrons. The molecule has 22 heavy (non-hydrogen) atoms. The van der Waals surface area contributed by atoms with Gasteiger partial charge in [0.25, 0.3) is 0 Å². The number of quaternary nitrogens is 1. The molecule has 0 amide bonds. The van der Waals surface area contributed by atoms with E-state index in [9.17, 15) is 10.0 Å². The second kappa shape index (κ2) is 11.1. The Kier molecular flexibility index (Phi) is 12.0. The zero-order chi connectivity index (χ0) is 15.2. The van der Waals surface area contributed by atoms with Crippen LogP contribution in [0.4, 0.5) is 0 Å². The Morgan fingerprint density at radius 2 is 1.95 bits per heavy atom. The third kappa shape index (κ3) is 8.83. The fourth-order valence-corrected chi connectivity index (χ4v) is 1.75. The van der Waals surface area contributed by atoms with Gasteiger partial charge in [-0.2, -0.15) is 0 Å². The Labute approximate surface area is 166 Å². The van der Waals surface area contributed by atoms with Gasteiger partial charge in [0.05, 0.1) is 39.6 Å². The summed E-state index contributed by atoms with van der Waals surface area (Å²) in [5.41, 5.74) is 1.15. The van der Waals surface area contributed by atoms with Crippen molar-refractivity contribution >= 4 is 53.9 Å². The highest BCUT2D eigenvalue weighted by molar-refractivity contribution is 14.0. The lowest BCUT2D eigenvalue weighted by Gasteiger charge is -2.24. The van der Waals surface area contributed by atoms with Crippen molar-refractivity contribution in [2.24, 2.45) is 10.2 Å². The summed E-state index contributed by atoms with van der Waals surface area (Å²) < 4.78 is 0.863. The summed E-state index contributed by atoms with van der Waals surface area (Å²) >= 11 is 0. The molecule has 0 saturated heterocycles. The number of allylic oxidation sites excluding steroid dienone is 1. The zero-order valence-electron chi connectivity index (χ0n) is 13.4. The molecule has 0 aromatic rings. The quantitative estimate of drug-likeness (QED) is 0.131. The number of rotatable bonds is 6. The Balaban J connectivity index is 0. The molecule has 126 valence electrons. The SMILES string of the molecule is CN1C=C(C([O-])=NCCC[N+](C)(C)C)C=CC1=CN=O.I.I. The van der Waals surface area contributed by atoms with Gasteiger partial charge in [0, 0.05) is 31.8 Å². The average Bonchev–Trinajstić information content (AvgIpc) is 2.36. The van der Waals surface area contributed by atoms with Crippen molar-refractivity contribution in [2.75, 3.05) is 41.3 Å². The Morgan fingerprint density at radius 1 is 1.32 bits per heavy atom. The van der Waals surface area contributed by atoms with E-state index < -0.39 is 0 Å².